The third kappa shape index (κ3) is 34.5. The summed E-state index contributed by atoms with van der Waals surface area (Å²) in [6, 6.07) is 0.336. The van der Waals surface area contributed by atoms with Crippen LogP contribution in [0.2, 0.25) is 0 Å². The van der Waals surface area contributed by atoms with Gasteiger partial charge in [-0.05, 0) is 247 Å². The molecule has 7 saturated carbocycles. The molecule has 0 heterocycles. The largest absolute Gasteiger partial charge is 0.427 e. The standard InChI is InChI=1S/C15H22N2O2.C14H22N2O2.C12H18N2O2.2C10H14N2O2.C8H10N2O2/c16-10-19-15-7-3-13(4-8-15)9-12-1-5-14(6-2-12)17-11-18;1-13(2,16-10-17)11-6-5-7-12(8-11)14(3,4)18-9-15;1-11(2)4-10(14-9-15)5-12(3,6-11)7-16-8-13;11-7-14-6-10-3-1-9(2-4-10)5-12-8-13;11-7-14-6-10-3-1-2-9(4-10)5-12-8-13;9-5-12-8-3-1-7(2-4-8)10-6-11/h12-15H,1-9H2;11-12H,5-8H2,1-4H3;10H,4-7H2,1-3H3;2*9-10H,1-6H2;7-8H,1-4H2. The maximum absolute atomic E-state index is 10.5. The lowest BCUT2D eigenvalue weighted by Gasteiger charge is -2.44. The van der Waals surface area contributed by atoms with Crippen molar-refractivity contribution in [3.63, 3.8) is 0 Å². The van der Waals surface area contributed by atoms with E-state index in [4.69, 9.17) is 60.0 Å². The molecule has 6 atom stereocenters. The Balaban J connectivity index is 0.000000382. The highest BCUT2D eigenvalue weighted by atomic mass is 16.5. The van der Waals surface area contributed by atoms with Gasteiger partial charge < -0.3 is 28.4 Å². The second kappa shape index (κ2) is 46.1. The molecule has 0 saturated heterocycles. The molecule has 24 heteroatoms. The Kier molecular flexibility index (Phi) is 40.2. The molecule has 7 aliphatic carbocycles. The molecule has 0 aromatic heterocycles. The van der Waals surface area contributed by atoms with Gasteiger partial charge in [-0.15, -0.1) is 0 Å². The number of aliphatic imine (C=N–C) groups is 6. The van der Waals surface area contributed by atoms with Crippen LogP contribution in [0.4, 0.5) is 0 Å². The van der Waals surface area contributed by atoms with E-state index in [1.54, 1.807) is 67.8 Å². The van der Waals surface area contributed by atoms with Gasteiger partial charge in [0.1, 0.15) is 37.6 Å². The van der Waals surface area contributed by atoms with E-state index in [-0.39, 0.29) is 46.7 Å². The fraction of sp³-hybridized carbons (Fsp3) is 0.826. The quantitative estimate of drug-likeness (QED) is 0.0585. The number of nitrogens with zero attached hydrogens (tertiary/aromatic N) is 12. The molecule has 0 amide bonds. The zero-order valence-electron chi connectivity index (χ0n) is 56.1. The molecule has 0 aromatic carbocycles. The van der Waals surface area contributed by atoms with Gasteiger partial charge in [0.2, 0.25) is 36.5 Å². The molecular formula is C69H100N12O12. The first-order chi connectivity index (χ1) is 44.6. The Bertz CT molecular complexity index is 2740. The van der Waals surface area contributed by atoms with E-state index in [0.717, 1.165) is 160 Å². The number of carbonyl (C=O) groups excluding carboxylic acids is 6. The Hall–Kier alpha value is -7.98. The molecular weight excluding hydrogens is 1190 g/mol. The van der Waals surface area contributed by atoms with Gasteiger partial charge in [0.05, 0.1) is 36.8 Å². The summed E-state index contributed by atoms with van der Waals surface area (Å²) in [5.41, 5.74) is -0.767. The van der Waals surface area contributed by atoms with E-state index in [1.807, 2.05) is 34.0 Å². The number of ether oxygens (including phenoxy) is 6. The van der Waals surface area contributed by atoms with Crippen molar-refractivity contribution in [1.82, 2.24) is 0 Å². The average Bonchev–Trinajstić information content (AvgIpc) is 0.883. The molecule has 508 valence electrons. The van der Waals surface area contributed by atoms with E-state index in [0.29, 0.717) is 68.4 Å². The number of rotatable bonds is 21. The van der Waals surface area contributed by atoms with Gasteiger partial charge in [0.25, 0.3) is 37.5 Å². The molecule has 7 fully saturated rings. The van der Waals surface area contributed by atoms with Crippen LogP contribution in [0.25, 0.3) is 0 Å². The van der Waals surface area contributed by atoms with Crippen LogP contribution in [0, 0.1) is 127 Å². The fourth-order valence-electron chi connectivity index (χ4n) is 14.9. The monoisotopic (exact) mass is 1290 g/mol. The second-order valence-electron chi connectivity index (χ2n) is 28.3. The van der Waals surface area contributed by atoms with Crippen molar-refractivity contribution in [2.75, 3.05) is 32.9 Å². The van der Waals surface area contributed by atoms with Crippen molar-refractivity contribution in [2.45, 2.75) is 270 Å². The van der Waals surface area contributed by atoms with Crippen LogP contribution in [0.5, 0.6) is 0 Å². The van der Waals surface area contributed by atoms with Crippen LogP contribution < -0.4 is 0 Å². The highest BCUT2D eigenvalue weighted by Crippen LogP contribution is 2.47. The molecule has 0 spiro atoms. The first kappa shape index (κ1) is 81.1. The minimum absolute atomic E-state index is 0.00791. The van der Waals surface area contributed by atoms with Crippen molar-refractivity contribution in [3.05, 3.63) is 0 Å². The Morgan fingerprint density at radius 3 is 1.39 bits per heavy atom. The van der Waals surface area contributed by atoms with E-state index in [1.165, 1.54) is 32.1 Å². The van der Waals surface area contributed by atoms with Crippen LogP contribution >= 0.6 is 0 Å². The summed E-state index contributed by atoms with van der Waals surface area (Å²) < 4.78 is 29.3. The summed E-state index contributed by atoms with van der Waals surface area (Å²) >= 11 is 0. The van der Waals surface area contributed by atoms with E-state index in [2.05, 4.69) is 50.7 Å². The highest BCUT2D eigenvalue weighted by molar-refractivity contribution is 5.35. The third-order valence-corrected chi connectivity index (χ3v) is 19.7. The zero-order chi connectivity index (χ0) is 68.8. The summed E-state index contributed by atoms with van der Waals surface area (Å²) in [7, 11) is 0. The van der Waals surface area contributed by atoms with Gasteiger partial charge in [-0.1, -0.05) is 33.6 Å². The number of nitriles is 6. The minimum atomic E-state index is -0.436. The van der Waals surface area contributed by atoms with Crippen LogP contribution in [-0.4, -0.2) is 111 Å². The number of hydrogen-bond donors (Lipinski definition) is 0. The Labute approximate surface area is 551 Å². The van der Waals surface area contributed by atoms with Crippen molar-refractivity contribution >= 4 is 36.5 Å². The first-order valence-corrected chi connectivity index (χ1v) is 33.2. The summed E-state index contributed by atoms with van der Waals surface area (Å²) in [4.78, 5) is 83.2. The van der Waals surface area contributed by atoms with Gasteiger partial charge >= 0.3 is 0 Å². The van der Waals surface area contributed by atoms with Crippen molar-refractivity contribution in [2.24, 2.45) is 88.1 Å². The second-order valence-corrected chi connectivity index (χ2v) is 28.3. The van der Waals surface area contributed by atoms with Crippen LogP contribution in [0.1, 0.15) is 228 Å². The van der Waals surface area contributed by atoms with Crippen molar-refractivity contribution in [1.29, 1.82) is 31.6 Å². The molecule has 93 heavy (non-hydrogen) atoms. The maximum atomic E-state index is 10.5. The summed E-state index contributed by atoms with van der Waals surface area (Å²) in [6.07, 6.45) is 49.2. The van der Waals surface area contributed by atoms with Crippen molar-refractivity contribution in [3.8, 4) is 37.5 Å². The van der Waals surface area contributed by atoms with Gasteiger partial charge in [-0.25, -0.2) is 53.7 Å². The van der Waals surface area contributed by atoms with E-state index < -0.39 is 5.60 Å². The van der Waals surface area contributed by atoms with E-state index >= 15 is 0 Å². The molecule has 7 aliphatic rings. The third-order valence-electron chi connectivity index (χ3n) is 19.7. The summed E-state index contributed by atoms with van der Waals surface area (Å²) in [5.74, 6) is 4.23. The fourth-order valence-corrected chi connectivity index (χ4v) is 14.9. The first-order valence-electron chi connectivity index (χ1n) is 33.2. The highest BCUT2D eigenvalue weighted by Gasteiger charge is 2.43. The summed E-state index contributed by atoms with van der Waals surface area (Å²) in [6.45, 7) is 16.9. The lowest BCUT2D eigenvalue weighted by Crippen LogP contribution is -2.41. The minimum Gasteiger partial charge on any atom is -0.427 e. The van der Waals surface area contributed by atoms with Crippen molar-refractivity contribution < 1.29 is 57.2 Å². The predicted molar refractivity (Wildman–Crippen MR) is 339 cm³/mol. The molecule has 0 radical (unpaired) electrons. The normalized spacial score (nSPS) is 28.9. The molecule has 0 bridgehead atoms. The van der Waals surface area contributed by atoms with E-state index in [9.17, 15) is 28.8 Å². The molecule has 0 N–H and O–H groups in total. The lowest BCUT2D eigenvalue weighted by molar-refractivity contribution is -0.0188. The van der Waals surface area contributed by atoms with Gasteiger partial charge in [-0.2, -0.15) is 36.6 Å². The summed E-state index contributed by atoms with van der Waals surface area (Å²) in [5, 5.41) is 50.4. The molecule has 6 unspecified atom stereocenters. The average molecular weight is 1290 g/mol. The van der Waals surface area contributed by atoms with Gasteiger partial charge in [0.15, 0.2) is 0 Å². The molecule has 0 aromatic rings. The zero-order valence-corrected chi connectivity index (χ0v) is 56.1. The molecule has 0 aliphatic heterocycles. The van der Waals surface area contributed by atoms with Crippen LogP contribution in [0.3, 0.4) is 0 Å². The topological polar surface area (TPSA) is 375 Å². The Morgan fingerprint density at radius 2 is 0.882 bits per heavy atom. The SMILES string of the molecule is CC(C)(N=C=O)C1CCCC(C(C)(C)OC#N)C1.CC1(C)CC(N=C=O)CC(C)(COC#N)C1.N#COC1CCC(CC2CCC(N=C=O)CC2)CC1.N#COC1CCC(N=C=O)CC1.N#COCC1CCC(CN=C=O)CC1.N#COCC1CCCC(CN=C=O)C1. The van der Waals surface area contributed by atoms with Crippen LogP contribution in [-0.2, 0) is 57.2 Å². The Morgan fingerprint density at radius 1 is 0.430 bits per heavy atom. The lowest BCUT2D eigenvalue weighted by atomic mass is 9.63. The molecule has 7 rings (SSSR count). The van der Waals surface area contributed by atoms with Gasteiger partial charge in [-0.3, -0.25) is 0 Å². The predicted octanol–water partition coefficient (Wildman–Crippen LogP) is 13.3. The maximum Gasteiger partial charge on any atom is 0.286 e. The smallest absolute Gasteiger partial charge is 0.286 e. The molecule has 24 nitrogen and oxygen atoms in total. The van der Waals surface area contributed by atoms with Gasteiger partial charge in [0, 0.05) is 5.41 Å². The van der Waals surface area contributed by atoms with Crippen LogP contribution in [0.15, 0.2) is 30.0 Å². The number of isocyanates is 6. The number of hydrogen-bond acceptors (Lipinski definition) is 24.